The molecule has 3 rings (SSSR count). The first kappa shape index (κ1) is 19.3. The molecule has 1 aromatic carbocycles. The van der Waals surface area contributed by atoms with Crippen LogP contribution in [-0.2, 0) is 11.2 Å². The number of carbonyl (C=O) groups is 2. The number of rotatable bonds is 5. The van der Waals surface area contributed by atoms with Crippen molar-refractivity contribution in [2.75, 3.05) is 26.7 Å². The van der Waals surface area contributed by atoms with Gasteiger partial charge in [0.2, 0.25) is 5.91 Å². The van der Waals surface area contributed by atoms with Crippen molar-refractivity contribution in [3.63, 3.8) is 0 Å². The highest BCUT2D eigenvalue weighted by molar-refractivity contribution is 6.07. The molecular weight excluding hydrogens is 340 g/mol. The molecule has 2 aromatic rings. The summed E-state index contributed by atoms with van der Waals surface area (Å²) in [6.45, 7) is 6.10. The SMILES string of the molecule is CCc1nc2ccccc2c(C(=O)NC2CCN(CC(=O)NC)CC2)c1C. The number of nitrogens with one attached hydrogen (secondary N) is 2. The molecule has 2 N–H and O–H groups in total. The second kappa shape index (κ2) is 8.48. The maximum absolute atomic E-state index is 13.1. The first-order valence-electron chi connectivity index (χ1n) is 9.65. The molecule has 1 aliphatic rings. The van der Waals surface area contributed by atoms with E-state index in [0.29, 0.717) is 6.54 Å². The second-order valence-corrected chi connectivity index (χ2v) is 7.13. The van der Waals surface area contributed by atoms with Gasteiger partial charge in [0, 0.05) is 37.3 Å². The Morgan fingerprint density at radius 2 is 1.93 bits per heavy atom. The molecular formula is C21H28N4O2. The highest BCUT2D eigenvalue weighted by atomic mass is 16.2. The Morgan fingerprint density at radius 1 is 1.22 bits per heavy atom. The third-order valence-electron chi connectivity index (χ3n) is 5.37. The van der Waals surface area contributed by atoms with Crippen LogP contribution in [0, 0.1) is 6.92 Å². The summed E-state index contributed by atoms with van der Waals surface area (Å²) in [7, 11) is 1.65. The van der Waals surface area contributed by atoms with Crippen LogP contribution >= 0.6 is 0 Å². The highest BCUT2D eigenvalue weighted by Gasteiger charge is 2.24. The minimum Gasteiger partial charge on any atom is -0.358 e. The van der Waals surface area contributed by atoms with Crippen LogP contribution in [0.5, 0.6) is 0 Å². The maximum atomic E-state index is 13.1. The van der Waals surface area contributed by atoms with Gasteiger partial charge in [-0.25, -0.2) is 0 Å². The van der Waals surface area contributed by atoms with E-state index in [1.165, 1.54) is 0 Å². The quantitative estimate of drug-likeness (QED) is 0.847. The molecule has 0 radical (unpaired) electrons. The van der Waals surface area contributed by atoms with Crippen LogP contribution in [0.1, 0.15) is 41.4 Å². The fourth-order valence-electron chi connectivity index (χ4n) is 3.77. The van der Waals surface area contributed by atoms with E-state index in [4.69, 9.17) is 4.98 Å². The fourth-order valence-corrected chi connectivity index (χ4v) is 3.77. The lowest BCUT2D eigenvalue weighted by molar-refractivity contribution is -0.122. The van der Waals surface area contributed by atoms with Gasteiger partial charge in [0.05, 0.1) is 17.6 Å². The Morgan fingerprint density at radius 3 is 2.59 bits per heavy atom. The number of piperidine rings is 1. The van der Waals surface area contributed by atoms with Gasteiger partial charge in [-0.15, -0.1) is 0 Å². The van der Waals surface area contributed by atoms with Crippen LogP contribution in [0.2, 0.25) is 0 Å². The van der Waals surface area contributed by atoms with Gasteiger partial charge in [-0.2, -0.15) is 0 Å². The molecule has 6 heteroatoms. The standard InChI is InChI=1S/C21H28N4O2/c1-4-17-14(2)20(16-7-5-6-8-18(16)24-17)21(27)23-15-9-11-25(12-10-15)13-19(26)22-3/h5-8,15H,4,9-13H2,1-3H3,(H,22,26)(H,23,27). The number of hydrogen-bond donors (Lipinski definition) is 2. The molecule has 27 heavy (non-hydrogen) atoms. The van der Waals surface area contributed by atoms with Crippen molar-refractivity contribution >= 4 is 22.7 Å². The lowest BCUT2D eigenvalue weighted by atomic mass is 9.98. The Bertz CT molecular complexity index is 841. The molecule has 1 fully saturated rings. The van der Waals surface area contributed by atoms with E-state index >= 15 is 0 Å². The Labute approximate surface area is 160 Å². The number of hydrogen-bond acceptors (Lipinski definition) is 4. The van der Waals surface area contributed by atoms with Crippen molar-refractivity contribution < 1.29 is 9.59 Å². The number of pyridine rings is 1. The number of carbonyl (C=O) groups excluding carboxylic acids is 2. The smallest absolute Gasteiger partial charge is 0.252 e. The van der Waals surface area contributed by atoms with Crippen molar-refractivity contribution in [2.45, 2.75) is 39.2 Å². The van der Waals surface area contributed by atoms with Crippen molar-refractivity contribution in [2.24, 2.45) is 0 Å². The first-order valence-corrected chi connectivity index (χ1v) is 9.65. The van der Waals surface area contributed by atoms with Crippen LogP contribution in [0.15, 0.2) is 24.3 Å². The molecule has 0 saturated carbocycles. The zero-order valence-corrected chi connectivity index (χ0v) is 16.3. The van der Waals surface area contributed by atoms with E-state index in [1.54, 1.807) is 7.05 Å². The second-order valence-electron chi connectivity index (χ2n) is 7.13. The number of likely N-dealkylation sites (tertiary alicyclic amines) is 1. The third-order valence-corrected chi connectivity index (χ3v) is 5.37. The monoisotopic (exact) mass is 368 g/mol. The average molecular weight is 368 g/mol. The lowest BCUT2D eigenvalue weighted by Gasteiger charge is -2.32. The minimum absolute atomic E-state index is 0.0226. The number of fused-ring (bicyclic) bond motifs is 1. The highest BCUT2D eigenvalue weighted by Crippen LogP contribution is 2.24. The van der Waals surface area contributed by atoms with Crippen LogP contribution in [-0.4, -0.2) is 54.4 Å². The van der Waals surface area contributed by atoms with Gasteiger partial charge in [-0.1, -0.05) is 25.1 Å². The predicted octanol–water partition coefficient (Wildman–Crippen LogP) is 2.05. The molecule has 0 unspecified atom stereocenters. The molecule has 0 aliphatic carbocycles. The number of aromatic nitrogens is 1. The first-order chi connectivity index (χ1) is 13.0. The van der Waals surface area contributed by atoms with Gasteiger partial charge in [0.15, 0.2) is 0 Å². The van der Waals surface area contributed by atoms with Gasteiger partial charge in [-0.05, 0) is 37.8 Å². The number of para-hydroxylation sites is 1. The maximum Gasteiger partial charge on any atom is 0.252 e. The summed E-state index contributed by atoms with van der Waals surface area (Å²) in [5.74, 6) is 0.00834. The summed E-state index contributed by atoms with van der Waals surface area (Å²) in [4.78, 5) is 31.5. The van der Waals surface area contributed by atoms with E-state index in [1.807, 2.05) is 31.2 Å². The van der Waals surface area contributed by atoms with Crippen LogP contribution < -0.4 is 10.6 Å². The number of aryl methyl sites for hydroxylation is 1. The van der Waals surface area contributed by atoms with Crippen LogP contribution in [0.3, 0.4) is 0 Å². The van der Waals surface area contributed by atoms with Gasteiger partial charge in [-0.3, -0.25) is 19.5 Å². The van der Waals surface area contributed by atoms with E-state index in [2.05, 4.69) is 22.5 Å². The van der Waals surface area contributed by atoms with E-state index < -0.39 is 0 Å². The van der Waals surface area contributed by atoms with Gasteiger partial charge in [0.25, 0.3) is 5.91 Å². The molecule has 1 saturated heterocycles. The Balaban J connectivity index is 1.74. The zero-order valence-electron chi connectivity index (χ0n) is 16.3. The Hall–Kier alpha value is -2.47. The third kappa shape index (κ3) is 4.27. The summed E-state index contributed by atoms with van der Waals surface area (Å²) in [5, 5.41) is 6.77. The fraction of sp³-hybridized carbons (Fsp3) is 0.476. The number of likely N-dealkylation sites (N-methyl/N-ethyl adjacent to an activating group) is 1. The predicted molar refractivity (Wildman–Crippen MR) is 107 cm³/mol. The molecule has 144 valence electrons. The van der Waals surface area contributed by atoms with E-state index in [-0.39, 0.29) is 17.9 Å². The number of amides is 2. The normalized spacial score (nSPS) is 15.7. The molecule has 0 spiro atoms. The van der Waals surface area contributed by atoms with Crippen molar-refractivity contribution in [1.29, 1.82) is 0 Å². The van der Waals surface area contributed by atoms with E-state index in [9.17, 15) is 9.59 Å². The summed E-state index contributed by atoms with van der Waals surface area (Å²) < 4.78 is 0. The molecule has 1 aliphatic heterocycles. The topological polar surface area (TPSA) is 74.3 Å². The average Bonchev–Trinajstić information content (AvgIpc) is 2.68. The van der Waals surface area contributed by atoms with Crippen molar-refractivity contribution in [3.8, 4) is 0 Å². The largest absolute Gasteiger partial charge is 0.358 e. The van der Waals surface area contributed by atoms with Crippen LogP contribution in [0.4, 0.5) is 0 Å². The van der Waals surface area contributed by atoms with E-state index in [0.717, 1.165) is 60.1 Å². The van der Waals surface area contributed by atoms with Gasteiger partial charge >= 0.3 is 0 Å². The summed E-state index contributed by atoms with van der Waals surface area (Å²) in [6, 6.07) is 7.96. The summed E-state index contributed by atoms with van der Waals surface area (Å²) >= 11 is 0. The molecule has 0 bridgehead atoms. The summed E-state index contributed by atoms with van der Waals surface area (Å²) in [5.41, 5.74) is 3.54. The molecule has 2 heterocycles. The lowest BCUT2D eigenvalue weighted by Crippen LogP contribution is -2.47. The van der Waals surface area contributed by atoms with Crippen molar-refractivity contribution in [1.82, 2.24) is 20.5 Å². The molecule has 0 atom stereocenters. The molecule has 6 nitrogen and oxygen atoms in total. The molecule has 1 aromatic heterocycles. The molecule has 2 amide bonds. The van der Waals surface area contributed by atoms with Crippen LogP contribution in [0.25, 0.3) is 10.9 Å². The zero-order chi connectivity index (χ0) is 19.4. The van der Waals surface area contributed by atoms with Gasteiger partial charge in [0.1, 0.15) is 0 Å². The Kier molecular flexibility index (Phi) is 6.06. The number of benzene rings is 1. The number of nitrogens with zero attached hydrogens (tertiary/aromatic N) is 2. The van der Waals surface area contributed by atoms with Gasteiger partial charge < -0.3 is 10.6 Å². The summed E-state index contributed by atoms with van der Waals surface area (Å²) in [6.07, 6.45) is 2.51. The minimum atomic E-state index is -0.0226. The van der Waals surface area contributed by atoms with Crippen molar-refractivity contribution in [3.05, 3.63) is 41.1 Å².